The summed E-state index contributed by atoms with van der Waals surface area (Å²) < 4.78 is 6.59. The van der Waals surface area contributed by atoms with E-state index in [0.717, 1.165) is 10.0 Å². The molecule has 0 amide bonds. The summed E-state index contributed by atoms with van der Waals surface area (Å²) in [5.74, 6) is 0.690. The van der Waals surface area contributed by atoms with Crippen LogP contribution in [0.3, 0.4) is 0 Å². The van der Waals surface area contributed by atoms with E-state index in [1.807, 2.05) is 18.2 Å². The van der Waals surface area contributed by atoms with Crippen molar-refractivity contribution in [1.29, 1.82) is 0 Å². The molecule has 0 atom stereocenters. The monoisotopic (exact) mass is 310 g/mol. The second kappa shape index (κ2) is 5.56. The highest BCUT2D eigenvalue weighted by molar-refractivity contribution is 9.10. The molecule has 0 bridgehead atoms. The number of halogens is 2. The highest BCUT2D eigenvalue weighted by atomic mass is 79.9. The molecule has 2 rings (SSSR count). The lowest BCUT2D eigenvalue weighted by molar-refractivity contribution is 0.304. The smallest absolute Gasteiger partial charge is 0.152 e. The average molecular weight is 312 g/mol. The summed E-state index contributed by atoms with van der Waals surface area (Å²) in [7, 11) is 0. The highest BCUT2D eigenvalue weighted by Gasteiger charge is 2.06. The summed E-state index contributed by atoms with van der Waals surface area (Å²) in [4.78, 5) is 0. The van der Waals surface area contributed by atoms with E-state index in [1.165, 1.54) is 5.56 Å². The number of para-hydroxylation sites is 1. The van der Waals surface area contributed by atoms with Gasteiger partial charge in [-0.3, -0.25) is 0 Å². The van der Waals surface area contributed by atoms with E-state index < -0.39 is 0 Å². The predicted octanol–water partition coefficient (Wildman–Crippen LogP) is 4.99. The summed E-state index contributed by atoms with van der Waals surface area (Å²) in [6.07, 6.45) is 0. The molecular formula is C14H12BrClO. The standard InChI is InChI=1S/C14H12BrClO/c1-10-5-7-11(8-6-10)9-17-14-12(15)3-2-4-13(14)16/h2-8H,9H2,1H3. The Morgan fingerprint density at radius 3 is 2.47 bits per heavy atom. The molecule has 0 radical (unpaired) electrons. The molecule has 0 spiro atoms. The van der Waals surface area contributed by atoms with E-state index in [-0.39, 0.29) is 0 Å². The fourth-order valence-electron chi connectivity index (χ4n) is 1.46. The lowest BCUT2D eigenvalue weighted by Gasteiger charge is -2.10. The highest BCUT2D eigenvalue weighted by Crippen LogP contribution is 2.33. The minimum atomic E-state index is 0.516. The van der Waals surface area contributed by atoms with Crippen molar-refractivity contribution in [2.45, 2.75) is 13.5 Å². The zero-order valence-electron chi connectivity index (χ0n) is 9.41. The third kappa shape index (κ3) is 3.24. The zero-order chi connectivity index (χ0) is 12.3. The first-order chi connectivity index (χ1) is 8.16. The first kappa shape index (κ1) is 12.5. The van der Waals surface area contributed by atoms with Crippen LogP contribution < -0.4 is 4.74 Å². The third-order valence-corrected chi connectivity index (χ3v) is 3.34. The van der Waals surface area contributed by atoms with Crippen LogP contribution in [0.25, 0.3) is 0 Å². The van der Waals surface area contributed by atoms with Gasteiger partial charge in [0.1, 0.15) is 6.61 Å². The number of rotatable bonds is 3. The zero-order valence-corrected chi connectivity index (χ0v) is 11.8. The Morgan fingerprint density at radius 1 is 1.12 bits per heavy atom. The summed E-state index contributed by atoms with van der Waals surface area (Å²) in [5, 5.41) is 0.617. The molecule has 17 heavy (non-hydrogen) atoms. The van der Waals surface area contributed by atoms with Gasteiger partial charge in [-0.1, -0.05) is 47.5 Å². The second-order valence-electron chi connectivity index (χ2n) is 3.83. The van der Waals surface area contributed by atoms with Crippen LogP contribution in [-0.4, -0.2) is 0 Å². The molecule has 0 heterocycles. The summed E-state index contributed by atoms with van der Waals surface area (Å²) in [6, 6.07) is 13.9. The Labute approximate surface area is 115 Å². The van der Waals surface area contributed by atoms with Crippen molar-refractivity contribution in [2.24, 2.45) is 0 Å². The SMILES string of the molecule is Cc1ccc(COc2c(Cl)cccc2Br)cc1. The van der Waals surface area contributed by atoms with Crippen LogP contribution in [0, 0.1) is 6.92 Å². The largest absolute Gasteiger partial charge is 0.486 e. The molecule has 2 aromatic carbocycles. The van der Waals surface area contributed by atoms with Crippen molar-refractivity contribution in [3.8, 4) is 5.75 Å². The van der Waals surface area contributed by atoms with Gasteiger partial charge in [-0.05, 0) is 40.5 Å². The van der Waals surface area contributed by atoms with Crippen molar-refractivity contribution in [1.82, 2.24) is 0 Å². The van der Waals surface area contributed by atoms with Gasteiger partial charge in [0.15, 0.2) is 5.75 Å². The van der Waals surface area contributed by atoms with E-state index in [1.54, 1.807) is 0 Å². The van der Waals surface area contributed by atoms with E-state index in [9.17, 15) is 0 Å². The summed E-state index contributed by atoms with van der Waals surface area (Å²) >= 11 is 9.49. The number of hydrogen-bond acceptors (Lipinski definition) is 1. The maximum absolute atomic E-state index is 6.07. The number of hydrogen-bond donors (Lipinski definition) is 0. The summed E-state index contributed by atoms with van der Waals surface area (Å²) in [6.45, 7) is 2.58. The minimum Gasteiger partial charge on any atom is -0.486 e. The molecule has 0 unspecified atom stereocenters. The molecular weight excluding hydrogens is 300 g/mol. The fourth-order valence-corrected chi connectivity index (χ4v) is 2.28. The number of ether oxygens (including phenoxy) is 1. The predicted molar refractivity (Wildman–Crippen MR) is 74.7 cm³/mol. The van der Waals surface area contributed by atoms with Gasteiger partial charge in [0.05, 0.1) is 9.50 Å². The quantitative estimate of drug-likeness (QED) is 0.776. The Kier molecular flexibility index (Phi) is 4.08. The topological polar surface area (TPSA) is 9.23 Å². The van der Waals surface area contributed by atoms with Crippen molar-refractivity contribution in [3.63, 3.8) is 0 Å². The van der Waals surface area contributed by atoms with Crippen LogP contribution in [0.4, 0.5) is 0 Å². The van der Waals surface area contributed by atoms with Gasteiger partial charge in [-0.25, -0.2) is 0 Å². The molecule has 0 fully saturated rings. The Bertz CT molecular complexity index is 488. The van der Waals surface area contributed by atoms with Gasteiger partial charge >= 0.3 is 0 Å². The molecule has 0 aliphatic rings. The molecule has 0 aliphatic heterocycles. The molecule has 0 aliphatic carbocycles. The summed E-state index contributed by atoms with van der Waals surface area (Å²) in [5.41, 5.74) is 2.37. The molecule has 1 nitrogen and oxygen atoms in total. The lowest BCUT2D eigenvalue weighted by atomic mass is 10.2. The molecule has 0 saturated carbocycles. The van der Waals surface area contributed by atoms with Crippen LogP contribution in [0.1, 0.15) is 11.1 Å². The Balaban J connectivity index is 2.10. The van der Waals surface area contributed by atoms with Gasteiger partial charge in [0.2, 0.25) is 0 Å². The first-order valence-corrected chi connectivity index (χ1v) is 6.46. The van der Waals surface area contributed by atoms with Crippen molar-refractivity contribution >= 4 is 27.5 Å². The van der Waals surface area contributed by atoms with Gasteiger partial charge in [-0.15, -0.1) is 0 Å². The van der Waals surface area contributed by atoms with E-state index >= 15 is 0 Å². The molecule has 3 heteroatoms. The maximum Gasteiger partial charge on any atom is 0.152 e. The van der Waals surface area contributed by atoms with E-state index in [0.29, 0.717) is 17.4 Å². The normalized spacial score (nSPS) is 10.3. The van der Waals surface area contributed by atoms with Gasteiger partial charge in [0, 0.05) is 0 Å². The molecule has 0 saturated heterocycles. The Morgan fingerprint density at radius 2 is 1.82 bits per heavy atom. The van der Waals surface area contributed by atoms with Gasteiger partial charge in [-0.2, -0.15) is 0 Å². The fraction of sp³-hybridized carbons (Fsp3) is 0.143. The maximum atomic E-state index is 6.07. The number of benzene rings is 2. The molecule has 0 aromatic heterocycles. The minimum absolute atomic E-state index is 0.516. The van der Waals surface area contributed by atoms with E-state index in [4.69, 9.17) is 16.3 Å². The van der Waals surface area contributed by atoms with Gasteiger partial charge in [0.25, 0.3) is 0 Å². The Hall–Kier alpha value is -0.990. The van der Waals surface area contributed by atoms with Crippen molar-refractivity contribution in [2.75, 3.05) is 0 Å². The van der Waals surface area contributed by atoms with Crippen LogP contribution >= 0.6 is 27.5 Å². The first-order valence-electron chi connectivity index (χ1n) is 5.29. The molecule has 2 aromatic rings. The van der Waals surface area contributed by atoms with Gasteiger partial charge < -0.3 is 4.74 Å². The van der Waals surface area contributed by atoms with Crippen molar-refractivity contribution in [3.05, 3.63) is 63.1 Å². The number of aryl methyl sites for hydroxylation is 1. The van der Waals surface area contributed by atoms with Crippen molar-refractivity contribution < 1.29 is 4.74 Å². The van der Waals surface area contributed by atoms with Crippen LogP contribution in [0.15, 0.2) is 46.9 Å². The third-order valence-electron chi connectivity index (χ3n) is 2.42. The average Bonchev–Trinajstić information content (AvgIpc) is 2.31. The molecule has 0 N–H and O–H groups in total. The lowest BCUT2D eigenvalue weighted by Crippen LogP contribution is -1.96. The van der Waals surface area contributed by atoms with Crippen LogP contribution in [0.5, 0.6) is 5.75 Å². The van der Waals surface area contributed by atoms with E-state index in [2.05, 4.69) is 47.1 Å². The molecule has 88 valence electrons. The van der Waals surface area contributed by atoms with Crippen LogP contribution in [-0.2, 0) is 6.61 Å². The second-order valence-corrected chi connectivity index (χ2v) is 5.09. The van der Waals surface area contributed by atoms with Crippen LogP contribution in [0.2, 0.25) is 5.02 Å².